The number of hydrogen-bond donors (Lipinski definition) is 1. The number of carbonyl (C=O) groups is 1. The van der Waals surface area contributed by atoms with Crippen LogP contribution in [0.4, 0.5) is 0 Å². The molecule has 5 nitrogen and oxygen atoms in total. The van der Waals surface area contributed by atoms with Crippen LogP contribution in [0.15, 0.2) is 16.7 Å². The fourth-order valence-electron chi connectivity index (χ4n) is 0.838. The summed E-state index contributed by atoms with van der Waals surface area (Å²) < 4.78 is 14.6. The number of rotatable bonds is 5. The molecule has 0 saturated carbocycles. The molecule has 1 aromatic heterocycles. The van der Waals surface area contributed by atoms with Crippen molar-refractivity contribution in [3.63, 3.8) is 0 Å². The summed E-state index contributed by atoms with van der Waals surface area (Å²) in [5, 5.41) is 8.34. The van der Waals surface area contributed by atoms with E-state index in [2.05, 4.69) is 0 Å². The second-order valence-corrected chi connectivity index (χ2v) is 2.35. The van der Waals surface area contributed by atoms with Gasteiger partial charge in [-0.2, -0.15) is 0 Å². The molecule has 1 rings (SSSR count). The number of aliphatic carboxylic acids is 1. The molecule has 1 aromatic rings. The molecule has 0 bridgehead atoms. The molecular weight excluding hydrogens is 176 g/mol. The molecule has 0 fully saturated rings. The number of carboxylic acid groups (broad SMARTS) is 1. The predicted molar refractivity (Wildman–Crippen MR) is 42.6 cm³/mol. The fourth-order valence-corrected chi connectivity index (χ4v) is 0.838. The lowest BCUT2D eigenvalue weighted by Crippen LogP contribution is -2.09. The van der Waals surface area contributed by atoms with E-state index >= 15 is 0 Å². The van der Waals surface area contributed by atoms with Gasteiger partial charge in [0.25, 0.3) is 5.95 Å². The Balaban J connectivity index is 2.54. The first kappa shape index (κ1) is 9.60. The van der Waals surface area contributed by atoms with Crippen LogP contribution >= 0.6 is 0 Å². The molecule has 0 aliphatic heterocycles. The molecule has 1 heterocycles. The van der Waals surface area contributed by atoms with Crippen molar-refractivity contribution >= 4 is 5.97 Å². The summed E-state index contributed by atoms with van der Waals surface area (Å²) in [6.07, 6.45) is 1.42. The van der Waals surface area contributed by atoms with Crippen molar-refractivity contribution in [2.75, 3.05) is 13.7 Å². The van der Waals surface area contributed by atoms with Gasteiger partial charge in [-0.05, 0) is 6.07 Å². The van der Waals surface area contributed by atoms with Gasteiger partial charge < -0.3 is 19.0 Å². The maximum absolute atomic E-state index is 10.2. The van der Waals surface area contributed by atoms with Crippen molar-refractivity contribution in [3.8, 4) is 5.95 Å². The van der Waals surface area contributed by atoms with Crippen LogP contribution in [0.3, 0.4) is 0 Å². The summed E-state index contributed by atoms with van der Waals surface area (Å²) in [5.41, 5.74) is 0.698. The molecule has 13 heavy (non-hydrogen) atoms. The second kappa shape index (κ2) is 4.51. The van der Waals surface area contributed by atoms with E-state index in [1.54, 1.807) is 6.07 Å². The fraction of sp³-hybridized carbons (Fsp3) is 0.375. The maximum Gasteiger partial charge on any atom is 0.341 e. The zero-order valence-electron chi connectivity index (χ0n) is 7.15. The Kier molecular flexibility index (Phi) is 3.33. The largest absolute Gasteiger partial charge is 0.479 e. The highest BCUT2D eigenvalue weighted by molar-refractivity contribution is 5.68. The molecule has 0 aliphatic rings. The Morgan fingerprint density at radius 3 is 3.08 bits per heavy atom. The lowest BCUT2D eigenvalue weighted by molar-refractivity contribution is -0.139. The minimum absolute atomic E-state index is 0.198. The Morgan fingerprint density at radius 2 is 2.46 bits per heavy atom. The molecular formula is C8H10O5. The van der Waals surface area contributed by atoms with Crippen LogP contribution in [-0.4, -0.2) is 24.8 Å². The summed E-state index contributed by atoms with van der Waals surface area (Å²) in [6.45, 7) is -0.0737. The monoisotopic (exact) mass is 186 g/mol. The van der Waals surface area contributed by atoms with Crippen molar-refractivity contribution in [1.29, 1.82) is 0 Å². The summed E-state index contributed by atoms with van der Waals surface area (Å²) in [5.74, 6) is -0.844. The van der Waals surface area contributed by atoms with Gasteiger partial charge in [-0.25, -0.2) is 4.79 Å². The average molecular weight is 186 g/mol. The van der Waals surface area contributed by atoms with E-state index in [9.17, 15) is 4.79 Å². The molecule has 0 saturated heterocycles. The van der Waals surface area contributed by atoms with Gasteiger partial charge >= 0.3 is 5.97 Å². The van der Waals surface area contributed by atoms with Crippen molar-refractivity contribution < 1.29 is 23.8 Å². The zero-order chi connectivity index (χ0) is 9.68. The maximum atomic E-state index is 10.2. The first-order valence-corrected chi connectivity index (χ1v) is 3.64. The first-order valence-electron chi connectivity index (χ1n) is 3.64. The summed E-state index contributed by atoms with van der Waals surface area (Å²) in [6, 6.07) is 1.67. The lowest BCUT2D eigenvalue weighted by atomic mass is 10.3. The number of ether oxygens (including phenoxy) is 2. The van der Waals surface area contributed by atoms with E-state index < -0.39 is 12.6 Å². The predicted octanol–water partition coefficient (Wildman–Crippen LogP) is 0.889. The number of methoxy groups -OCH3 is 1. The molecule has 5 heteroatoms. The Labute approximate surface area is 74.9 Å². The van der Waals surface area contributed by atoms with Gasteiger partial charge in [-0.15, -0.1) is 0 Å². The number of furan rings is 1. The normalized spacial score (nSPS) is 9.92. The summed E-state index contributed by atoms with van der Waals surface area (Å²) in [4.78, 5) is 10.2. The van der Waals surface area contributed by atoms with Gasteiger partial charge in [-0.3, -0.25) is 0 Å². The van der Waals surface area contributed by atoms with Gasteiger partial charge in [0, 0.05) is 7.11 Å². The molecule has 0 aromatic carbocycles. The van der Waals surface area contributed by atoms with Crippen molar-refractivity contribution in [1.82, 2.24) is 0 Å². The van der Waals surface area contributed by atoms with Crippen LogP contribution in [0.1, 0.15) is 5.56 Å². The molecule has 0 spiro atoms. The van der Waals surface area contributed by atoms with Crippen LogP contribution in [0, 0.1) is 0 Å². The van der Waals surface area contributed by atoms with Crippen molar-refractivity contribution in [3.05, 3.63) is 17.9 Å². The van der Waals surface area contributed by atoms with E-state index in [0.29, 0.717) is 12.2 Å². The van der Waals surface area contributed by atoms with Crippen LogP contribution < -0.4 is 4.74 Å². The van der Waals surface area contributed by atoms with Crippen LogP contribution in [0.25, 0.3) is 0 Å². The second-order valence-electron chi connectivity index (χ2n) is 2.35. The van der Waals surface area contributed by atoms with Crippen LogP contribution in [-0.2, 0) is 16.1 Å². The average Bonchev–Trinajstić information content (AvgIpc) is 2.49. The molecule has 0 amide bonds. The molecule has 0 radical (unpaired) electrons. The van der Waals surface area contributed by atoms with Crippen LogP contribution in [0.2, 0.25) is 0 Å². The molecule has 72 valence electrons. The van der Waals surface area contributed by atoms with Gasteiger partial charge in [0.1, 0.15) is 0 Å². The van der Waals surface area contributed by atoms with Gasteiger partial charge in [0.15, 0.2) is 6.61 Å². The smallest absolute Gasteiger partial charge is 0.341 e. The summed E-state index contributed by atoms with van der Waals surface area (Å²) in [7, 11) is 1.54. The number of hydrogen-bond acceptors (Lipinski definition) is 4. The standard InChI is InChI=1S/C8H10O5/c1-11-4-6-2-3-12-8(6)13-5-7(9)10/h2-3H,4-5H2,1H3,(H,9,10). The van der Waals surface area contributed by atoms with E-state index in [4.69, 9.17) is 19.0 Å². The zero-order valence-corrected chi connectivity index (χ0v) is 7.15. The third-order valence-electron chi connectivity index (χ3n) is 1.33. The van der Waals surface area contributed by atoms with Gasteiger partial charge in [0.05, 0.1) is 18.4 Å². The highest BCUT2D eigenvalue weighted by atomic mass is 16.6. The highest BCUT2D eigenvalue weighted by Crippen LogP contribution is 2.19. The Morgan fingerprint density at radius 1 is 1.69 bits per heavy atom. The third kappa shape index (κ3) is 2.79. The van der Waals surface area contributed by atoms with Crippen LogP contribution in [0.5, 0.6) is 5.95 Å². The molecule has 0 atom stereocenters. The first-order chi connectivity index (χ1) is 6.24. The number of carboxylic acids is 1. The minimum atomic E-state index is -1.04. The molecule has 1 N–H and O–H groups in total. The topological polar surface area (TPSA) is 68.9 Å². The lowest BCUT2D eigenvalue weighted by Gasteiger charge is -2.01. The summed E-state index contributed by atoms with van der Waals surface area (Å²) >= 11 is 0. The third-order valence-corrected chi connectivity index (χ3v) is 1.33. The van der Waals surface area contributed by atoms with E-state index in [-0.39, 0.29) is 5.95 Å². The molecule has 0 unspecified atom stereocenters. The highest BCUT2D eigenvalue weighted by Gasteiger charge is 2.08. The van der Waals surface area contributed by atoms with E-state index in [0.717, 1.165) is 0 Å². The van der Waals surface area contributed by atoms with Crippen molar-refractivity contribution in [2.24, 2.45) is 0 Å². The quantitative estimate of drug-likeness (QED) is 0.739. The Bertz CT molecular complexity index is 278. The van der Waals surface area contributed by atoms with Gasteiger partial charge in [0.2, 0.25) is 0 Å². The van der Waals surface area contributed by atoms with E-state index in [1.165, 1.54) is 13.4 Å². The minimum Gasteiger partial charge on any atom is -0.479 e. The van der Waals surface area contributed by atoms with Gasteiger partial charge in [-0.1, -0.05) is 0 Å². The van der Waals surface area contributed by atoms with E-state index in [1.807, 2.05) is 0 Å². The molecule has 0 aliphatic carbocycles. The van der Waals surface area contributed by atoms with Crippen molar-refractivity contribution in [2.45, 2.75) is 6.61 Å². The Hall–Kier alpha value is -1.49. The SMILES string of the molecule is COCc1ccoc1OCC(=O)O.